The molecule has 1 aromatic rings. The molecule has 0 bridgehead atoms. The lowest BCUT2D eigenvalue weighted by Crippen LogP contribution is -2.37. The molecule has 6 nitrogen and oxygen atoms in total. The highest BCUT2D eigenvalue weighted by molar-refractivity contribution is 5.91. The molecule has 1 amide bonds. The minimum absolute atomic E-state index is 0.118. The zero-order valence-corrected chi connectivity index (χ0v) is 11.8. The monoisotopic (exact) mass is 263 g/mol. The fourth-order valence-corrected chi connectivity index (χ4v) is 2.41. The number of nitrogens with one attached hydrogen (secondary N) is 1. The van der Waals surface area contributed by atoms with E-state index in [4.69, 9.17) is 0 Å². The molecule has 0 aromatic carbocycles. The maximum Gasteiger partial charge on any atom is 0.273 e. The van der Waals surface area contributed by atoms with Gasteiger partial charge in [0.15, 0.2) is 11.5 Å². The zero-order valence-electron chi connectivity index (χ0n) is 11.8. The summed E-state index contributed by atoms with van der Waals surface area (Å²) in [7, 11) is 5.38. The minimum atomic E-state index is -0.118. The topological polar surface area (TPSA) is 61.4 Å². The summed E-state index contributed by atoms with van der Waals surface area (Å²) in [6, 6.07) is 4.10. The van der Waals surface area contributed by atoms with E-state index in [1.807, 2.05) is 13.1 Å². The lowest BCUT2D eigenvalue weighted by Gasteiger charge is -2.25. The number of aromatic nitrogens is 2. The van der Waals surface area contributed by atoms with Crippen molar-refractivity contribution in [2.75, 3.05) is 39.1 Å². The number of rotatable bonds is 4. The molecule has 1 unspecified atom stereocenters. The van der Waals surface area contributed by atoms with Gasteiger partial charge in [-0.25, -0.2) is 0 Å². The molecule has 1 fully saturated rings. The quantitative estimate of drug-likeness (QED) is 0.850. The number of carbonyl (C=O) groups is 1. The Morgan fingerprint density at radius 3 is 2.84 bits per heavy atom. The second kappa shape index (κ2) is 5.97. The fraction of sp³-hybridized carbons (Fsp3) is 0.615. The van der Waals surface area contributed by atoms with E-state index >= 15 is 0 Å². The van der Waals surface area contributed by atoms with E-state index < -0.39 is 0 Å². The van der Waals surface area contributed by atoms with Crippen LogP contribution in [0.1, 0.15) is 23.3 Å². The first-order valence-electron chi connectivity index (χ1n) is 6.60. The average Bonchev–Trinajstić information content (AvgIpc) is 2.87. The van der Waals surface area contributed by atoms with Crippen LogP contribution in [0.4, 0.5) is 5.82 Å². The molecule has 1 N–H and O–H groups in total. The SMILES string of the molecule is CNCC1CCCN1c1ccc(C(=O)N(C)C)nn1. The smallest absolute Gasteiger partial charge is 0.273 e. The van der Waals surface area contributed by atoms with Gasteiger partial charge in [-0.2, -0.15) is 0 Å². The van der Waals surface area contributed by atoms with Gasteiger partial charge in [0.1, 0.15) is 0 Å². The number of likely N-dealkylation sites (N-methyl/N-ethyl adjacent to an activating group) is 1. The minimum Gasteiger partial charge on any atom is -0.351 e. The van der Waals surface area contributed by atoms with Crippen LogP contribution in [-0.2, 0) is 0 Å². The van der Waals surface area contributed by atoms with Crippen molar-refractivity contribution in [3.8, 4) is 0 Å². The van der Waals surface area contributed by atoms with Crippen LogP contribution < -0.4 is 10.2 Å². The Bertz CT molecular complexity index is 431. The van der Waals surface area contributed by atoms with Crippen molar-refractivity contribution in [1.29, 1.82) is 0 Å². The van der Waals surface area contributed by atoms with Crippen molar-refractivity contribution in [1.82, 2.24) is 20.4 Å². The second-order valence-corrected chi connectivity index (χ2v) is 5.02. The third-order valence-corrected chi connectivity index (χ3v) is 3.39. The molecule has 2 heterocycles. The van der Waals surface area contributed by atoms with Gasteiger partial charge in [0.05, 0.1) is 0 Å². The van der Waals surface area contributed by atoms with Crippen LogP contribution in [0, 0.1) is 0 Å². The van der Waals surface area contributed by atoms with Crippen molar-refractivity contribution in [2.45, 2.75) is 18.9 Å². The summed E-state index contributed by atoms with van der Waals surface area (Å²) in [5.41, 5.74) is 0.387. The van der Waals surface area contributed by atoms with E-state index in [1.165, 1.54) is 17.7 Å². The molecule has 104 valence electrons. The van der Waals surface area contributed by atoms with E-state index in [9.17, 15) is 4.79 Å². The molecule has 1 atom stereocenters. The summed E-state index contributed by atoms with van der Waals surface area (Å²) >= 11 is 0. The molecule has 0 spiro atoms. The Balaban J connectivity index is 2.11. The van der Waals surface area contributed by atoms with Gasteiger partial charge in [0.2, 0.25) is 0 Å². The summed E-state index contributed by atoms with van der Waals surface area (Å²) in [5, 5.41) is 11.4. The lowest BCUT2D eigenvalue weighted by molar-refractivity contribution is 0.0821. The van der Waals surface area contributed by atoms with Gasteiger partial charge in [-0.3, -0.25) is 4.79 Å². The molecule has 0 radical (unpaired) electrons. The molecule has 19 heavy (non-hydrogen) atoms. The van der Waals surface area contributed by atoms with Crippen molar-refractivity contribution < 1.29 is 4.79 Å². The van der Waals surface area contributed by atoms with Gasteiger partial charge >= 0.3 is 0 Å². The van der Waals surface area contributed by atoms with Gasteiger partial charge in [-0.05, 0) is 32.0 Å². The summed E-state index contributed by atoms with van der Waals surface area (Å²) in [5.74, 6) is 0.736. The summed E-state index contributed by atoms with van der Waals surface area (Å²) in [4.78, 5) is 15.5. The molecule has 1 aliphatic heterocycles. The first-order valence-corrected chi connectivity index (χ1v) is 6.60. The predicted molar refractivity (Wildman–Crippen MR) is 74.3 cm³/mol. The van der Waals surface area contributed by atoms with Gasteiger partial charge in [-0.1, -0.05) is 0 Å². The van der Waals surface area contributed by atoms with Crippen molar-refractivity contribution in [2.24, 2.45) is 0 Å². The van der Waals surface area contributed by atoms with Crippen LogP contribution in [-0.4, -0.2) is 61.3 Å². The summed E-state index contributed by atoms with van der Waals surface area (Å²) < 4.78 is 0. The number of nitrogens with zero attached hydrogens (tertiary/aromatic N) is 4. The Morgan fingerprint density at radius 2 is 2.26 bits per heavy atom. The third-order valence-electron chi connectivity index (χ3n) is 3.39. The van der Waals surface area contributed by atoms with Crippen LogP contribution in [0.3, 0.4) is 0 Å². The second-order valence-electron chi connectivity index (χ2n) is 5.02. The van der Waals surface area contributed by atoms with Crippen molar-refractivity contribution >= 4 is 11.7 Å². The highest BCUT2D eigenvalue weighted by atomic mass is 16.2. The molecule has 6 heteroatoms. The highest BCUT2D eigenvalue weighted by Crippen LogP contribution is 2.22. The number of hydrogen-bond acceptors (Lipinski definition) is 5. The van der Waals surface area contributed by atoms with Crippen LogP contribution in [0.25, 0.3) is 0 Å². The molecular formula is C13H21N5O. The molecule has 0 saturated carbocycles. The normalized spacial score (nSPS) is 18.7. The van der Waals surface area contributed by atoms with E-state index in [-0.39, 0.29) is 5.91 Å². The number of amides is 1. The van der Waals surface area contributed by atoms with E-state index in [2.05, 4.69) is 20.4 Å². The van der Waals surface area contributed by atoms with Gasteiger partial charge in [0, 0.05) is 33.2 Å². The fourth-order valence-electron chi connectivity index (χ4n) is 2.41. The van der Waals surface area contributed by atoms with E-state index in [0.29, 0.717) is 11.7 Å². The Labute approximate surface area is 113 Å². The third kappa shape index (κ3) is 3.01. The zero-order chi connectivity index (χ0) is 13.8. The Kier molecular flexibility index (Phi) is 4.31. The van der Waals surface area contributed by atoms with Crippen LogP contribution in [0.5, 0.6) is 0 Å². The first kappa shape index (κ1) is 13.7. The van der Waals surface area contributed by atoms with Crippen LogP contribution in [0.2, 0.25) is 0 Å². The summed E-state index contributed by atoms with van der Waals surface area (Å²) in [6.07, 6.45) is 2.34. The lowest BCUT2D eigenvalue weighted by atomic mass is 10.2. The predicted octanol–water partition coefficient (Wildman–Crippen LogP) is 0.367. The van der Waals surface area contributed by atoms with Crippen LogP contribution >= 0.6 is 0 Å². The number of anilines is 1. The van der Waals surface area contributed by atoms with Crippen molar-refractivity contribution in [3.63, 3.8) is 0 Å². The Morgan fingerprint density at radius 1 is 1.47 bits per heavy atom. The first-order chi connectivity index (χ1) is 9.13. The molecular weight excluding hydrogens is 242 g/mol. The highest BCUT2D eigenvalue weighted by Gasteiger charge is 2.25. The average molecular weight is 263 g/mol. The van der Waals surface area contributed by atoms with Gasteiger partial charge in [0.25, 0.3) is 5.91 Å². The summed E-state index contributed by atoms with van der Waals surface area (Å²) in [6.45, 7) is 1.95. The van der Waals surface area contributed by atoms with E-state index in [0.717, 1.165) is 18.9 Å². The molecule has 1 aliphatic rings. The molecule has 0 aliphatic carbocycles. The molecule has 2 rings (SSSR count). The number of hydrogen-bond donors (Lipinski definition) is 1. The van der Waals surface area contributed by atoms with E-state index in [1.54, 1.807) is 20.2 Å². The standard InChI is InChI=1S/C13H21N5O/c1-14-9-10-5-4-8-18(10)12-7-6-11(15-16-12)13(19)17(2)3/h6-7,10,14H,4-5,8-9H2,1-3H3. The van der Waals surface area contributed by atoms with Crippen LogP contribution in [0.15, 0.2) is 12.1 Å². The molecule has 1 saturated heterocycles. The maximum absolute atomic E-state index is 11.7. The maximum atomic E-state index is 11.7. The Hall–Kier alpha value is -1.69. The molecule has 1 aromatic heterocycles. The number of carbonyl (C=O) groups excluding carboxylic acids is 1. The van der Waals surface area contributed by atoms with Crippen molar-refractivity contribution in [3.05, 3.63) is 17.8 Å². The van der Waals surface area contributed by atoms with Gasteiger partial charge in [-0.15, -0.1) is 10.2 Å². The largest absolute Gasteiger partial charge is 0.351 e. The van der Waals surface area contributed by atoms with Gasteiger partial charge < -0.3 is 15.1 Å².